The van der Waals surface area contributed by atoms with Gasteiger partial charge in [-0.1, -0.05) is 11.8 Å². The molecular weight excluding hydrogens is 358 g/mol. The molecule has 0 aliphatic heterocycles. The minimum absolute atomic E-state index is 0.0342. The number of anilines is 1. The Bertz CT molecular complexity index is 841. The van der Waals surface area contributed by atoms with Gasteiger partial charge in [-0.15, -0.1) is 0 Å². The molecule has 1 N–H and O–H groups in total. The van der Waals surface area contributed by atoms with Gasteiger partial charge in [-0.3, -0.25) is 4.79 Å². The normalized spacial score (nSPS) is 10.1. The van der Waals surface area contributed by atoms with Crippen molar-refractivity contribution in [3.63, 3.8) is 0 Å². The molecule has 0 spiro atoms. The molecule has 8 nitrogen and oxygen atoms in total. The summed E-state index contributed by atoms with van der Waals surface area (Å²) in [6, 6.07) is 5.93. The van der Waals surface area contributed by atoms with Crippen molar-refractivity contribution in [1.29, 1.82) is 0 Å². The highest BCUT2D eigenvalue weighted by molar-refractivity contribution is 7.99. The summed E-state index contributed by atoms with van der Waals surface area (Å²) in [5, 5.41) is 3.08. The van der Waals surface area contributed by atoms with Crippen molar-refractivity contribution in [2.45, 2.75) is 12.1 Å². The second kappa shape index (κ2) is 8.95. The van der Waals surface area contributed by atoms with E-state index in [2.05, 4.69) is 20.0 Å². The Labute approximate surface area is 154 Å². The maximum Gasteiger partial charge on any atom is 0.339 e. The van der Waals surface area contributed by atoms with E-state index in [0.29, 0.717) is 5.16 Å². The van der Waals surface area contributed by atoms with Crippen molar-refractivity contribution in [1.82, 2.24) is 9.97 Å². The number of esters is 2. The second-order valence-corrected chi connectivity index (χ2v) is 6.00. The zero-order valence-corrected chi connectivity index (χ0v) is 15.3. The first-order valence-electron chi connectivity index (χ1n) is 7.47. The summed E-state index contributed by atoms with van der Waals surface area (Å²) in [5.41, 5.74) is 1.28. The molecule has 1 heterocycles. The summed E-state index contributed by atoms with van der Waals surface area (Å²) >= 11 is 1.15. The van der Waals surface area contributed by atoms with Crippen LogP contribution in [0.15, 0.2) is 35.6 Å². The van der Waals surface area contributed by atoms with Crippen molar-refractivity contribution in [2.24, 2.45) is 0 Å². The number of thioether (sulfide) groups is 1. The molecule has 2 aromatic rings. The molecule has 2 rings (SSSR count). The third-order valence-corrected chi connectivity index (χ3v) is 4.09. The minimum atomic E-state index is -0.633. The van der Waals surface area contributed by atoms with Crippen molar-refractivity contribution in [2.75, 3.05) is 25.3 Å². The number of aryl methyl sites for hydroxylation is 1. The van der Waals surface area contributed by atoms with Gasteiger partial charge in [0.25, 0.3) is 0 Å². The van der Waals surface area contributed by atoms with Gasteiger partial charge in [0.1, 0.15) is 0 Å². The number of rotatable bonds is 6. The fraction of sp³-hybridized carbons (Fsp3) is 0.235. The number of nitrogens with zero attached hydrogens (tertiary/aromatic N) is 2. The number of carbonyl (C=O) groups is 3. The van der Waals surface area contributed by atoms with Crippen LogP contribution in [0.25, 0.3) is 0 Å². The van der Waals surface area contributed by atoms with Crippen LogP contribution < -0.4 is 5.32 Å². The fourth-order valence-corrected chi connectivity index (χ4v) is 2.67. The SMILES string of the molecule is COC(=O)c1ccc(C(=O)OC)c(NC(=O)CSc2nccc(C)n2)c1. The van der Waals surface area contributed by atoms with Gasteiger partial charge in [0.2, 0.25) is 5.91 Å². The van der Waals surface area contributed by atoms with Crippen LogP contribution in [0.5, 0.6) is 0 Å². The molecule has 0 bridgehead atoms. The number of aromatic nitrogens is 2. The Hall–Kier alpha value is -2.94. The Kier molecular flexibility index (Phi) is 6.67. The van der Waals surface area contributed by atoms with Gasteiger partial charge < -0.3 is 14.8 Å². The molecule has 1 amide bonds. The van der Waals surface area contributed by atoms with E-state index in [1.165, 1.54) is 32.4 Å². The fourth-order valence-electron chi connectivity index (χ4n) is 1.99. The average molecular weight is 375 g/mol. The number of benzene rings is 1. The van der Waals surface area contributed by atoms with Crippen molar-refractivity contribution < 1.29 is 23.9 Å². The second-order valence-electron chi connectivity index (χ2n) is 5.06. The summed E-state index contributed by atoms with van der Waals surface area (Å²) < 4.78 is 9.35. The highest BCUT2D eigenvalue weighted by Gasteiger charge is 2.17. The minimum Gasteiger partial charge on any atom is -0.465 e. The first kappa shape index (κ1) is 19.4. The summed E-state index contributed by atoms with van der Waals surface area (Å²) in [5.74, 6) is -1.56. The largest absolute Gasteiger partial charge is 0.465 e. The van der Waals surface area contributed by atoms with Gasteiger partial charge in [0.05, 0.1) is 36.8 Å². The maximum atomic E-state index is 12.2. The summed E-state index contributed by atoms with van der Waals surface area (Å²) in [6.45, 7) is 1.83. The molecule has 0 radical (unpaired) electrons. The number of carbonyl (C=O) groups excluding carboxylic acids is 3. The monoisotopic (exact) mass is 375 g/mol. The van der Waals surface area contributed by atoms with Crippen LogP contribution in [0.1, 0.15) is 26.4 Å². The summed E-state index contributed by atoms with van der Waals surface area (Å²) in [6.07, 6.45) is 1.61. The molecule has 0 saturated carbocycles. The van der Waals surface area contributed by atoms with Gasteiger partial charge >= 0.3 is 11.9 Å². The highest BCUT2D eigenvalue weighted by Crippen LogP contribution is 2.21. The average Bonchev–Trinajstić information content (AvgIpc) is 2.65. The number of hydrogen-bond acceptors (Lipinski definition) is 8. The number of amides is 1. The highest BCUT2D eigenvalue weighted by atomic mass is 32.2. The molecule has 0 fully saturated rings. The molecule has 0 aliphatic carbocycles. The van der Waals surface area contributed by atoms with Crippen LogP contribution >= 0.6 is 11.8 Å². The lowest BCUT2D eigenvalue weighted by atomic mass is 10.1. The zero-order chi connectivity index (χ0) is 19.1. The molecular formula is C17H17N3O5S. The van der Waals surface area contributed by atoms with E-state index in [0.717, 1.165) is 17.5 Å². The van der Waals surface area contributed by atoms with E-state index < -0.39 is 11.9 Å². The number of methoxy groups -OCH3 is 2. The molecule has 1 aromatic carbocycles. The van der Waals surface area contributed by atoms with Crippen LogP contribution in [0.3, 0.4) is 0 Å². The smallest absolute Gasteiger partial charge is 0.339 e. The van der Waals surface area contributed by atoms with E-state index in [-0.39, 0.29) is 28.5 Å². The lowest BCUT2D eigenvalue weighted by Crippen LogP contribution is -2.18. The first-order valence-corrected chi connectivity index (χ1v) is 8.46. The number of ether oxygens (including phenoxy) is 2. The predicted molar refractivity (Wildman–Crippen MR) is 95.2 cm³/mol. The Balaban J connectivity index is 2.15. The third-order valence-electron chi connectivity index (χ3n) is 3.23. The van der Waals surface area contributed by atoms with Gasteiger partial charge in [-0.05, 0) is 31.2 Å². The van der Waals surface area contributed by atoms with Gasteiger partial charge in [-0.2, -0.15) is 0 Å². The predicted octanol–water partition coefficient (Wildman–Crippen LogP) is 2.09. The molecule has 9 heteroatoms. The van der Waals surface area contributed by atoms with Gasteiger partial charge in [0, 0.05) is 11.9 Å². The molecule has 1 aromatic heterocycles. The van der Waals surface area contributed by atoms with Crippen LogP contribution in [0.4, 0.5) is 5.69 Å². The molecule has 136 valence electrons. The van der Waals surface area contributed by atoms with Crippen LogP contribution in [0, 0.1) is 6.92 Å². The van der Waals surface area contributed by atoms with E-state index in [4.69, 9.17) is 4.74 Å². The number of hydrogen-bond donors (Lipinski definition) is 1. The molecule has 0 saturated heterocycles. The lowest BCUT2D eigenvalue weighted by Gasteiger charge is -2.11. The maximum absolute atomic E-state index is 12.2. The van der Waals surface area contributed by atoms with Crippen molar-refractivity contribution in [3.8, 4) is 0 Å². The molecule has 0 unspecified atom stereocenters. The van der Waals surface area contributed by atoms with Crippen LogP contribution in [0.2, 0.25) is 0 Å². The van der Waals surface area contributed by atoms with Crippen LogP contribution in [-0.2, 0) is 14.3 Å². The third kappa shape index (κ3) is 5.03. The van der Waals surface area contributed by atoms with E-state index >= 15 is 0 Å². The quantitative estimate of drug-likeness (QED) is 0.465. The Morgan fingerprint density at radius 2 is 1.85 bits per heavy atom. The van der Waals surface area contributed by atoms with Gasteiger partial charge in [-0.25, -0.2) is 19.6 Å². The lowest BCUT2D eigenvalue weighted by molar-refractivity contribution is -0.113. The van der Waals surface area contributed by atoms with Gasteiger partial charge in [0.15, 0.2) is 5.16 Å². The summed E-state index contributed by atoms with van der Waals surface area (Å²) in [7, 11) is 2.47. The molecule has 0 atom stereocenters. The van der Waals surface area contributed by atoms with Crippen LogP contribution in [-0.4, -0.2) is 47.8 Å². The molecule has 0 aliphatic rings. The van der Waals surface area contributed by atoms with Crippen molar-refractivity contribution in [3.05, 3.63) is 47.3 Å². The standard InChI is InChI=1S/C17H17N3O5S/c1-10-6-7-18-17(19-10)26-9-14(21)20-13-8-11(15(22)24-2)4-5-12(13)16(23)25-3/h4-8H,9H2,1-3H3,(H,20,21). The van der Waals surface area contributed by atoms with Crippen molar-refractivity contribution >= 4 is 35.3 Å². The number of nitrogens with one attached hydrogen (secondary N) is 1. The molecule has 26 heavy (non-hydrogen) atoms. The first-order chi connectivity index (χ1) is 12.4. The Morgan fingerprint density at radius 1 is 1.12 bits per heavy atom. The van der Waals surface area contributed by atoms with E-state index in [1.807, 2.05) is 6.92 Å². The zero-order valence-electron chi connectivity index (χ0n) is 14.4. The topological polar surface area (TPSA) is 107 Å². The summed E-state index contributed by atoms with van der Waals surface area (Å²) in [4.78, 5) is 44.0. The Morgan fingerprint density at radius 3 is 2.50 bits per heavy atom. The van der Waals surface area contributed by atoms with E-state index in [9.17, 15) is 14.4 Å². The van der Waals surface area contributed by atoms with E-state index in [1.54, 1.807) is 12.3 Å².